The number of alkyl halides is 3. The van der Waals surface area contributed by atoms with Crippen molar-refractivity contribution in [1.82, 2.24) is 9.88 Å². The third kappa shape index (κ3) is 4.69. The summed E-state index contributed by atoms with van der Waals surface area (Å²) < 4.78 is 43.1. The first kappa shape index (κ1) is 16.2. The fraction of sp³-hybridized carbons (Fsp3) is 0.500. The van der Waals surface area contributed by atoms with Crippen molar-refractivity contribution < 1.29 is 22.7 Å². The van der Waals surface area contributed by atoms with Gasteiger partial charge >= 0.3 is 6.18 Å². The molecule has 112 valence electrons. The number of hydrogen-bond donors (Lipinski definition) is 1. The smallest absolute Gasteiger partial charge is 0.383 e. The van der Waals surface area contributed by atoms with E-state index in [1.165, 1.54) is 7.11 Å². The Morgan fingerprint density at radius 3 is 2.65 bits per heavy atom. The second kappa shape index (κ2) is 6.56. The average molecular weight is 292 g/mol. The molecule has 0 aromatic carbocycles. The SMILES string of the molecule is COC[C@@H](C)NC(=O)Cn1cc(C(F)(F)F)ccc1=O. The second-order valence-corrected chi connectivity index (χ2v) is 4.31. The molecule has 0 bridgehead atoms. The summed E-state index contributed by atoms with van der Waals surface area (Å²) in [6.45, 7) is 1.47. The summed E-state index contributed by atoms with van der Waals surface area (Å²) in [5.41, 5.74) is -1.65. The highest BCUT2D eigenvalue weighted by Crippen LogP contribution is 2.27. The Bertz CT molecular complexity index is 525. The molecule has 1 rings (SSSR count). The van der Waals surface area contributed by atoms with Crippen LogP contribution in [0.3, 0.4) is 0 Å². The van der Waals surface area contributed by atoms with Crippen molar-refractivity contribution in [1.29, 1.82) is 0 Å². The molecule has 5 nitrogen and oxygen atoms in total. The topological polar surface area (TPSA) is 60.3 Å². The molecule has 0 aliphatic heterocycles. The van der Waals surface area contributed by atoms with E-state index in [1.54, 1.807) is 6.92 Å². The molecule has 1 aromatic heterocycles. The molecule has 1 N–H and O–H groups in total. The van der Waals surface area contributed by atoms with E-state index in [9.17, 15) is 22.8 Å². The number of hydrogen-bond acceptors (Lipinski definition) is 3. The number of nitrogens with zero attached hydrogens (tertiary/aromatic N) is 1. The van der Waals surface area contributed by atoms with Gasteiger partial charge in [-0.3, -0.25) is 9.59 Å². The zero-order valence-corrected chi connectivity index (χ0v) is 11.0. The Kier molecular flexibility index (Phi) is 5.32. The molecule has 1 heterocycles. The summed E-state index contributed by atoms with van der Waals surface area (Å²) in [7, 11) is 1.46. The number of ether oxygens (including phenoxy) is 1. The molecule has 0 aliphatic carbocycles. The Morgan fingerprint density at radius 1 is 1.45 bits per heavy atom. The van der Waals surface area contributed by atoms with Gasteiger partial charge in [0.15, 0.2) is 0 Å². The first-order valence-corrected chi connectivity index (χ1v) is 5.80. The van der Waals surface area contributed by atoms with Gasteiger partial charge in [-0.25, -0.2) is 0 Å². The summed E-state index contributed by atoms with van der Waals surface area (Å²) in [5.74, 6) is -0.559. The number of carbonyl (C=O) groups excluding carboxylic acids is 1. The van der Waals surface area contributed by atoms with Crippen LogP contribution in [0, 0.1) is 0 Å². The second-order valence-electron chi connectivity index (χ2n) is 4.31. The Hall–Kier alpha value is -1.83. The number of amides is 1. The zero-order valence-electron chi connectivity index (χ0n) is 11.0. The normalized spacial score (nSPS) is 13.1. The van der Waals surface area contributed by atoms with Crippen molar-refractivity contribution in [3.63, 3.8) is 0 Å². The van der Waals surface area contributed by atoms with Crippen molar-refractivity contribution in [2.75, 3.05) is 13.7 Å². The van der Waals surface area contributed by atoms with Gasteiger partial charge in [-0.1, -0.05) is 0 Å². The highest BCUT2D eigenvalue weighted by atomic mass is 19.4. The molecule has 8 heteroatoms. The molecule has 0 aliphatic rings. The number of nitrogens with one attached hydrogen (secondary N) is 1. The average Bonchev–Trinajstić information content (AvgIpc) is 2.30. The molecule has 0 spiro atoms. The summed E-state index contributed by atoms with van der Waals surface area (Å²) >= 11 is 0. The molecule has 0 saturated carbocycles. The van der Waals surface area contributed by atoms with Crippen LogP contribution in [-0.4, -0.2) is 30.2 Å². The maximum atomic E-state index is 12.5. The van der Waals surface area contributed by atoms with Gasteiger partial charge in [0.1, 0.15) is 6.54 Å². The first-order valence-electron chi connectivity index (χ1n) is 5.80. The van der Waals surface area contributed by atoms with Crippen molar-refractivity contribution >= 4 is 5.91 Å². The summed E-state index contributed by atoms with van der Waals surface area (Å²) in [4.78, 5) is 23.0. The Balaban J connectivity index is 2.82. The quantitative estimate of drug-likeness (QED) is 0.881. The lowest BCUT2D eigenvalue weighted by Crippen LogP contribution is -2.39. The maximum Gasteiger partial charge on any atom is 0.417 e. The van der Waals surface area contributed by atoms with Crippen LogP contribution in [0.1, 0.15) is 12.5 Å². The van der Waals surface area contributed by atoms with E-state index in [0.717, 1.165) is 10.6 Å². The lowest BCUT2D eigenvalue weighted by atomic mass is 10.2. The van der Waals surface area contributed by atoms with Crippen LogP contribution in [0.2, 0.25) is 0 Å². The minimum absolute atomic E-state index is 0.267. The molecule has 1 amide bonds. The number of methoxy groups -OCH3 is 1. The Labute approximate surface area is 113 Å². The summed E-state index contributed by atoms with van der Waals surface area (Å²) in [6.07, 6.45) is -3.93. The highest BCUT2D eigenvalue weighted by molar-refractivity contribution is 5.76. The van der Waals surface area contributed by atoms with E-state index in [-0.39, 0.29) is 12.6 Å². The van der Waals surface area contributed by atoms with Gasteiger partial charge in [0.25, 0.3) is 5.56 Å². The number of rotatable bonds is 5. The monoisotopic (exact) mass is 292 g/mol. The molecule has 0 fully saturated rings. The molecule has 1 atom stereocenters. The van der Waals surface area contributed by atoms with Crippen LogP contribution in [-0.2, 0) is 22.3 Å². The van der Waals surface area contributed by atoms with Gasteiger partial charge in [-0.15, -0.1) is 0 Å². The predicted octanol–water partition coefficient (Wildman–Crippen LogP) is 1.02. The molecule has 0 radical (unpaired) electrons. The third-order valence-corrected chi connectivity index (χ3v) is 2.45. The van der Waals surface area contributed by atoms with Crippen LogP contribution in [0.15, 0.2) is 23.1 Å². The van der Waals surface area contributed by atoms with Crippen molar-refractivity contribution in [2.45, 2.75) is 25.7 Å². The summed E-state index contributed by atoms with van der Waals surface area (Å²) in [6, 6.07) is 1.17. The number of carbonyl (C=O) groups is 1. The number of pyridine rings is 1. The van der Waals surface area contributed by atoms with Gasteiger partial charge in [0.05, 0.1) is 12.2 Å². The molecule has 0 unspecified atom stereocenters. The van der Waals surface area contributed by atoms with Gasteiger partial charge in [-0.05, 0) is 13.0 Å². The van der Waals surface area contributed by atoms with E-state index in [0.29, 0.717) is 12.3 Å². The minimum Gasteiger partial charge on any atom is -0.383 e. The predicted molar refractivity (Wildman–Crippen MR) is 65.2 cm³/mol. The summed E-state index contributed by atoms with van der Waals surface area (Å²) in [5, 5.41) is 2.51. The highest BCUT2D eigenvalue weighted by Gasteiger charge is 2.31. The molecule has 1 aromatic rings. The lowest BCUT2D eigenvalue weighted by Gasteiger charge is -2.14. The number of aromatic nitrogens is 1. The minimum atomic E-state index is -4.56. The lowest BCUT2D eigenvalue weighted by molar-refractivity contribution is -0.138. The van der Waals surface area contributed by atoms with Gasteiger partial charge in [-0.2, -0.15) is 13.2 Å². The van der Waals surface area contributed by atoms with Gasteiger partial charge in [0, 0.05) is 25.4 Å². The molecular formula is C12H15F3N2O3. The van der Waals surface area contributed by atoms with E-state index in [1.807, 2.05) is 0 Å². The van der Waals surface area contributed by atoms with Crippen molar-refractivity contribution in [2.24, 2.45) is 0 Å². The largest absolute Gasteiger partial charge is 0.417 e. The zero-order chi connectivity index (χ0) is 15.3. The maximum absolute atomic E-state index is 12.5. The molecule has 0 saturated heterocycles. The number of halogens is 3. The molecular weight excluding hydrogens is 277 g/mol. The van der Waals surface area contributed by atoms with E-state index >= 15 is 0 Å². The fourth-order valence-corrected chi connectivity index (χ4v) is 1.59. The van der Waals surface area contributed by atoms with E-state index < -0.39 is 29.8 Å². The van der Waals surface area contributed by atoms with Crippen molar-refractivity contribution in [3.8, 4) is 0 Å². The van der Waals surface area contributed by atoms with Crippen LogP contribution in [0.25, 0.3) is 0 Å². The third-order valence-electron chi connectivity index (χ3n) is 2.45. The van der Waals surface area contributed by atoms with Crippen molar-refractivity contribution in [3.05, 3.63) is 34.2 Å². The van der Waals surface area contributed by atoms with Crippen LogP contribution in [0.4, 0.5) is 13.2 Å². The van der Waals surface area contributed by atoms with Gasteiger partial charge < -0.3 is 14.6 Å². The van der Waals surface area contributed by atoms with Gasteiger partial charge in [0.2, 0.25) is 5.91 Å². The van der Waals surface area contributed by atoms with E-state index in [4.69, 9.17) is 4.74 Å². The fourth-order valence-electron chi connectivity index (χ4n) is 1.59. The van der Waals surface area contributed by atoms with Crippen LogP contribution < -0.4 is 10.9 Å². The standard InChI is InChI=1S/C12H15F3N2O3/c1-8(7-20-2)16-10(18)6-17-5-9(12(13,14)15)3-4-11(17)19/h3-5,8H,6-7H2,1-2H3,(H,16,18)/t8-/m1/s1. The van der Waals surface area contributed by atoms with Crippen LogP contribution in [0.5, 0.6) is 0 Å². The Morgan fingerprint density at radius 2 is 2.10 bits per heavy atom. The van der Waals surface area contributed by atoms with E-state index in [2.05, 4.69) is 5.32 Å². The first-order chi connectivity index (χ1) is 9.24. The van der Waals surface area contributed by atoms with Crippen LogP contribution >= 0.6 is 0 Å². The molecule has 20 heavy (non-hydrogen) atoms.